The van der Waals surface area contributed by atoms with Gasteiger partial charge in [-0.1, -0.05) is 31.2 Å². The lowest BCUT2D eigenvalue weighted by Gasteiger charge is -2.16. The molecule has 1 N–H and O–H groups in total. The molecule has 1 atom stereocenters. The Kier molecular flexibility index (Phi) is 4.80. The van der Waals surface area contributed by atoms with Crippen molar-refractivity contribution in [2.45, 2.75) is 46.3 Å². The summed E-state index contributed by atoms with van der Waals surface area (Å²) < 4.78 is 2.26. The van der Waals surface area contributed by atoms with Crippen LogP contribution in [0.25, 0.3) is 0 Å². The third-order valence-electron chi connectivity index (χ3n) is 3.56. The number of benzene rings is 1. The normalized spacial score (nSPS) is 12.6. The molecular weight excluding hydrogens is 232 g/mol. The van der Waals surface area contributed by atoms with Crippen molar-refractivity contribution in [2.24, 2.45) is 0 Å². The van der Waals surface area contributed by atoms with Crippen molar-refractivity contribution >= 4 is 0 Å². The molecule has 0 radical (unpaired) electrons. The molecule has 0 bridgehead atoms. The molecule has 1 aromatic carbocycles. The molecule has 0 saturated heterocycles. The minimum Gasteiger partial charge on any atom is -0.354 e. The van der Waals surface area contributed by atoms with Crippen molar-refractivity contribution in [3.8, 4) is 0 Å². The van der Waals surface area contributed by atoms with Crippen LogP contribution in [0.2, 0.25) is 0 Å². The Morgan fingerprint density at radius 3 is 2.74 bits per heavy atom. The molecule has 1 heterocycles. The summed E-state index contributed by atoms with van der Waals surface area (Å²) in [7, 11) is 0. The first kappa shape index (κ1) is 13.9. The van der Waals surface area contributed by atoms with Gasteiger partial charge in [-0.05, 0) is 43.0 Å². The van der Waals surface area contributed by atoms with Crippen LogP contribution in [0, 0.1) is 6.92 Å². The van der Waals surface area contributed by atoms with Gasteiger partial charge in [0.1, 0.15) is 0 Å². The lowest BCUT2D eigenvalue weighted by Crippen LogP contribution is -2.18. The van der Waals surface area contributed by atoms with Gasteiger partial charge in [-0.25, -0.2) is 0 Å². The van der Waals surface area contributed by atoms with Crippen LogP contribution in [0.15, 0.2) is 42.7 Å². The molecular formula is C17H24N2. The molecule has 1 aromatic heterocycles. The summed E-state index contributed by atoms with van der Waals surface area (Å²) in [6.07, 6.45) is 5.58. The molecule has 0 spiro atoms. The van der Waals surface area contributed by atoms with Crippen molar-refractivity contribution in [3.63, 3.8) is 0 Å². The lowest BCUT2D eigenvalue weighted by atomic mass is 10.0. The fourth-order valence-corrected chi connectivity index (χ4v) is 2.45. The van der Waals surface area contributed by atoms with Gasteiger partial charge in [0.15, 0.2) is 0 Å². The zero-order valence-electron chi connectivity index (χ0n) is 12.2. The summed E-state index contributed by atoms with van der Waals surface area (Å²) in [5, 5.41) is 3.60. The third kappa shape index (κ3) is 3.71. The van der Waals surface area contributed by atoms with Crippen molar-refractivity contribution in [3.05, 3.63) is 59.4 Å². The molecule has 0 saturated carbocycles. The zero-order valence-corrected chi connectivity index (χ0v) is 12.2. The van der Waals surface area contributed by atoms with E-state index >= 15 is 0 Å². The summed E-state index contributed by atoms with van der Waals surface area (Å²) in [5.41, 5.74) is 4.09. The van der Waals surface area contributed by atoms with Gasteiger partial charge in [0.2, 0.25) is 0 Å². The predicted octanol–water partition coefficient (Wildman–Crippen LogP) is 4.06. The average Bonchev–Trinajstić information content (AvgIpc) is 2.85. The highest BCUT2D eigenvalue weighted by atomic mass is 14.9. The highest BCUT2D eigenvalue weighted by molar-refractivity contribution is 5.28. The van der Waals surface area contributed by atoms with Crippen molar-refractivity contribution in [1.29, 1.82) is 0 Å². The number of aryl methyl sites for hydroxylation is 2. The lowest BCUT2D eigenvalue weighted by molar-refractivity contribution is 0.571. The number of hydrogen-bond acceptors (Lipinski definition) is 1. The van der Waals surface area contributed by atoms with Gasteiger partial charge in [0.25, 0.3) is 0 Å². The molecule has 19 heavy (non-hydrogen) atoms. The van der Waals surface area contributed by atoms with E-state index in [1.165, 1.54) is 23.1 Å². The van der Waals surface area contributed by atoms with E-state index in [0.29, 0.717) is 6.04 Å². The molecule has 2 aromatic rings. The van der Waals surface area contributed by atoms with Crippen LogP contribution < -0.4 is 5.32 Å². The summed E-state index contributed by atoms with van der Waals surface area (Å²) in [4.78, 5) is 0. The number of aromatic nitrogens is 1. The number of nitrogens with one attached hydrogen (secondary N) is 1. The Balaban J connectivity index is 1.92. The Morgan fingerprint density at radius 2 is 2.00 bits per heavy atom. The van der Waals surface area contributed by atoms with Gasteiger partial charge >= 0.3 is 0 Å². The second-order valence-electron chi connectivity index (χ2n) is 5.22. The van der Waals surface area contributed by atoms with Gasteiger partial charge in [-0.3, -0.25) is 0 Å². The van der Waals surface area contributed by atoms with Gasteiger partial charge in [0, 0.05) is 31.5 Å². The van der Waals surface area contributed by atoms with Crippen molar-refractivity contribution in [1.82, 2.24) is 9.88 Å². The Hall–Kier alpha value is -1.54. The molecule has 102 valence electrons. The van der Waals surface area contributed by atoms with E-state index in [2.05, 4.69) is 73.4 Å². The van der Waals surface area contributed by atoms with E-state index in [1.807, 2.05) is 0 Å². The highest BCUT2D eigenvalue weighted by Crippen LogP contribution is 2.17. The summed E-state index contributed by atoms with van der Waals surface area (Å²) >= 11 is 0. The minimum atomic E-state index is 0.385. The molecule has 2 rings (SSSR count). The third-order valence-corrected chi connectivity index (χ3v) is 3.56. The highest BCUT2D eigenvalue weighted by Gasteiger charge is 2.07. The van der Waals surface area contributed by atoms with E-state index in [0.717, 1.165) is 13.1 Å². The molecule has 0 aliphatic rings. The molecule has 2 heteroatoms. The van der Waals surface area contributed by atoms with Crippen LogP contribution >= 0.6 is 0 Å². The molecule has 1 unspecified atom stereocenters. The maximum Gasteiger partial charge on any atom is 0.0297 e. The summed E-state index contributed by atoms with van der Waals surface area (Å²) in [6.45, 7) is 8.63. The first-order valence-corrected chi connectivity index (χ1v) is 7.14. The SMILES string of the molecule is CCCn1ccc(CNC(C)c2ccccc2C)c1. The Labute approximate surface area is 116 Å². The number of nitrogens with zero attached hydrogens (tertiary/aromatic N) is 1. The van der Waals surface area contributed by atoms with E-state index < -0.39 is 0 Å². The second kappa shape index (κ2) is 6.58. The van der Waals surface area contributed by atoms with Crippen LogP contribution in [0.4, 0.5) is 0 Å². The van der Waals surface area contributed by atoms with E-state index in [1.54, 1.807) is 0 Å². The zero-order chi connectivity index (χ0) is 13.7. The smallest absolute Gasteiger partial charge is 0.0297 e. The van der Waals surface area contributed by atoms with Crippen LogP contribution in [0.1, 0.15) is 43.0 Å². The van der Waals surface area contributed by atoms with E-state index in [4.69, 9.17) is 0 Å². The molecule has 0 amide bonds. The largest absolute Gasteiger partial charge is 0.354 e. The maximum atomic E-state index is 3.60. The van der Waals surface area contributed by atoms with Crippen LogP contribution in [-0.2, 0) is 13.1 Å². The first-order chi connectivity index (χ1) is 9.20. The van der Waals surface area contributed by atoms with Gasteiger partial charge in [0.05, 0.1) is 0 Å². The Morgan fingerprint density at radius 1 is 1.21 bits per heavy atom. The maximum absolute atomic E-state index is 3.60. The fourth-order valence-electron chi connectivity index (χ4n) is 2.45. The van der Waals surface area contributed by atoms with Crippen molar-refractivity contribution < 1.29 is 0 Å². The van der Waals surface area contributed by atoms with Gasteiger partial charge in [-0.2, -0.15) is 0 Å². The number of hydrogen-bond donors (Lipinski definition) is 1. The van der Waals surface area contributed by atoms with Gasteiger partial charge < -0.3 is 9.88 Å². The molecule has 0 aliphatic heterocycles. The molecule has 0 fully saturated rings. The van der Waals surface area contributed by atoms with Gasteiger partial charge in [-0.15, -0.1) is 0 Å². The standard InChI is InChI=1S/C17H24N2/c1-4-10-19-11-9-16(13-19)12-18-15(3)17-8-6-5-7-14(17)2/h5-9,11,13,15,18H,4,10,12H2,1-3H3. The van der Waals surface area contributed by atoms with E-state index in [-0.39, 0.29) is 0 Å². The van der Waals surface area contributed by atoms with Crippen molar-refractivity contribution in [2.75, 3.05) is 0 Å². The Bertz CT molecular complexity index is 513. The summed E-state index contributed by atoms with van der Waals surface area (Å²) in [5.74, 6) is 0. The van der Waals surface area contributed by atoms with Crippen LogP contribution in [-0.4, -0.2) is 4.57 Å². The summed E-state index contributed by atoms with van der Waals surface area (Å²) in [6, 6.07) is 11.2. The second-order valence-corrected chi connectivity index (χ2v) is 5.22. The van der Waals surface area contributed by atoms with Crippen LogP contribution in [0.3, 0.4) is 0 Å². The monoisotopic (exact) mass is 256 g/mol. The first-order valence-electron chi connectivity index (χ1n) is 7.14. The number of rotatable bonds is 6. The molecule has 2 nitrogen and oxygen atoms in total. The predicted molar refractivity (Wildman–Crippen MR) is 81.2 cm³/mol. The average molecular weight is 256 g/mol. The molecule has 0 aliphatic carbocycles. The topological polar surface area (TPSA) is 17.0 Å². The van der Waals surface area contributed by atoms with Crippen LogP contribution in [0.5, 0.6) is 0 Å². The minimum absolute atomic E-state index is 0.385. The fraction of sp³-hybridized carbons (Fsp3) is 0.412. The van der Waals surface area contributed by atoms with E-state index in [9.17, 15) is 0 Å². The quantitative estimate of drug-likeness (QED) is 0.825.